The summed E-state index contributed by atoms with van der Waals surface area (Å²) in [5.74, 6) is -0.771. The average molecular weight is 144 g/mol. The van der Waals surface area contributed by atoms with Gasteiger partial charge >= 0.3 is 0 Å². The summed E-state index contributed by atoms with van der Waals surface area (Å²) in [6.45, 7) is 3.91. The third-order valence-electron chi connectivity index (χ3n) is 1.80. The fourth-order valence-corrected chi connectivity index (χ4v) is 1.28. The molecule has 0 radical (unpaired) electrons. The minimum Gasteiger partial charge on any atom is -0.363 e. The van der Waals surface area contributed by atoms with E-state index >= 15 is 0 Å². The fourth-order valence-electron chi connectivity index (χ4n) is 1.28. The zero-order chi connectivity index (χ0) is 7.45. The Balaban J connectivity index is 2.32. The highest BCUT2D eigenvalue weighted by Crippen LogP contribution is 2.07. The van der Waals surface area contributed by atoms with Crippen LogP contribution in [0, 0.1) is 0 Å². The van der Waals surface area contributed by atoms with Gasteiger partial charge in [0.05, 0.1) is 0 Å². The molecule has 1 rings (SSSR count). The van der Waals surface area contributed by atoms with E-state index in [2.05, 4.69) is 17.6 Å². The normalized spacial score (nSPS) is 24.6. The van der Waals surface area contributed by atoms with E-state index in [-0.39, 0.29) is 0 Å². The molecule has 60 valence electrons. The van der Waals surface area contributed by atoms with Crippen LogP contribution in [0.2, 0.25) is 0 Å². The van der Waals surface area contributed by atoms with Gasteiger partial charge in [-0.1, -0.05) is 13.3 Å². The van der Waals surface area contributed by atoms with Crippen LogP contribution in [0.4, 0.5) is 0 Å². The highest BCUT2D eigenvalue weighted by molar-refractivity contribution is 4.76. The Kier molecular flexibility index (Phi) is 2.65. The van der Waals surface area contributed by atoms with Gasteiger partial charge in [0, 0.05) is 19.5 Å². The van der Waals surface area contributed by atoms with Crippen molar-refractivity contribution in [3.63, 3.8) is 0 Å². The molecule has 0 saturated carbocycles. The summed E-state index contributed by atoms with van der Waals surface area (Å²) < 4.78 is 0. The van der Waals surface area contributed by atoms with E-state index in [0.29, 0.717) is 0 Å². The fraction of sp³-hybridized carbons (Fsp3) is 1.00. The predicted molar refractivity (Wildman–Crippen MR) is 40.5 cm³/mol. The van der Waals surface area contributed by atoms with Crippen LogP contribution in [0.25, 0.3) is 0 Å². The molecule has 0 aromatic carbocycles. The van der Waals surface area contributed by atoms with Crippen molar-refractivity contribution in [1.82, 2.24) is 10.6 Å². The van der Waals surface area contributed by atoms with Crippen molar-refractivity contribution < 1.29 is 5.11 Å². The highest BCUT2D eigenvalue weighted by Gasteiger charge is 2.26. The summed E-state index contributed by atoms with van der Waals surface area (Å²) in [7, 11) is 0. The van der Waals surface area contributed by atoms with Gasteiger partial charge in [-0.2, -0.15) is 0 Å². The van der Waals surface area contributed by atoms with Crippen molar-refractivity contribution in [1.29, 1.82) is 0 Å². The molecule has 3 heteroatoms. The van der Waals surface area contributed by atoms with Crippen LogP contribution in [0.1, 0.15) is 26.2 Å². The smallest absolute Gasteiger partial charge is 0.171 e. The molecule has 0 aromatic rings. The zero-order valence-corrected chi connectivity index (χ0v) is 6.48. The number of hydrogen-bond donors (Lipinski definition) is 3. The highest BCUT2D eigenvalue weighted by atomic mass is 16.3. The molecule has 0 atom stereocenters. The Hall–Kier alpha value is -0.120. The Labute approximate surface area is 61.8 Å². The Morgan fingerprint density at radius 2 is 2.00 bits per heavy atom. The predicted octanol–water partition coefficient (Wildman–Crippen LogP) is 0.0155. The lowest BCUT2D eigenvalue weighted by molar-refractivity contribution is -0.0484. The van der Waals surface area contributed by atoms with Crippen LogP contribution in [-0.4, -0.2) is 24.0 Å². The monoisotopic (exact) mass is 144 g/mol. The molecule has 1 aliphatic rings. The lowest BCUT2D eigenvalue weighted by Gasteiger charge is -2.34. The summed E-state index contributed by atoms with van der Waals surface area (Å²) in [5.41, 5.74) is 0. The van der Waals surface area contributed by atoms with Crippen LogP contribution < -0.4 is 10.6 Å². The van der Waals surface area contributed by atoms with Crippen LogP contribution >= 0.6 is 0 Å². The van der Waals surface area contributed by atoms with E-state index < -0.39 is 5.85 Å². The standard InChI is InChI=1S/C7H16N2O/c1-2-4-7(10)8-5-3-6-9-7/h8-10H,2-6H2,1H3. The maximum Gasteiger partial charge on any atom is 0.171 e. The Morgan fingerprint density at radius 3 is 2.50 bits per heavy atom. The summed E-state index contributed by atoms with van der Waals surface area (Å²) in [5, 5.41) is 15.7. The van der Waals surface area contributed by atoms with E-state index in [0.717, 1.165) is 32.4 Å². The van der Waals surface area contributed by atoms with Crippen molar-refractivity contribution >= 4 is 0 Å². The summed E-state index contributed by atoms with van der Waals surface area (Å²) in [6.07, 6.45) is 2.88. The van der Waals surface area contributed by atoms with E-state index in [1.165, 1.54) is 0 Å². The van der Waals surface area contributed by atoms with Crippen LogP contribution in [-0.2, 0) is 0 Å². The zero-order valence-electron chi connectivity index (χ0n) is 6.48. The average Bonchev–Trinajstić information content (AvgIpc) is 1.89. The number of hydrogen-bond acceptors (Lipinski definition) is 3. The van der Waals surface area contributed by atoms with Crippen molar-refractivity contribution in [2.24, 2.45) is 0 Å². The van der Waals surface area contributed by atoms with Crippen LogP contribution in [0.15, 0.2) is 0 Å². The molecule has 0 bridgehead atoms. The van der Waals surface area contributed by atoms with Crippen molar-refractivity contribution in [3.05, 3.63) is 0 Å². The molecule has 0 spiro atoms. The van der Waals surface area contributed by atoms with Gasteiger partial charge in [0.25, 0.3) is 0 Å². The van der Waals surface area contributed by atoms with Gasteiger partial charge in [-0.3, -0.25) is 10.6 Å². The third-order valence-corrected chi connectivity index (χ3v) is 1.80. The minimum atomic E-state index is -0.771. The van der Waals surface area contributed by atoms with E-state index in [1.807, 2.05) is 0 Å². The van der Waals surface area contributed by atoms with Gasteiger partial charge in [-0.25, -0.2) is 0 Å². The molecule has 3 N–H and O–H groups in total. The topological polar surface area (TPSA) is 44.3 Å². The molecule has 0 aliphatic carbocycles. The largest absolute Gasteiger partial charge is 0.363 e. The first-order valence-corrected chi connectivity index (χ1v) is 3.99. The second kappa shape index (κ2) is 3.32. The first-order chi connectivity index (χ1) is 4.77. The molecule has 0 amide bonds. The van der Waals surface area contributed by atoms with Gasteiger partial charge in [0.15, 0.2) is 5.85 Å². The molecule has 0 unspecified atom stereocenters. The maximum atomic E-state index is 9.65. The minimum absolute atomic E-state index is 0.771. The van der Waals surface area contributed by atoms with Crippen LogP contribution in [0.3, 0.4) is 0 Å². The molecule has 1 fully saturated rings. The molecule has 3 nitrogen and oxygen atoms in total. The van der Waals surface area contributed by atoms with Crippen molar-refractivity contribution in [3.8, 4) is 0 Å². The second-order valence-electron chi connectivity index (χ2n) is 2.82. The van der Waals surface area contributed by atoms with E-state index in [1.54, 1.807) is 0 Å². The van der Waals surface area contributed by atoms with Crippen molar-refractivity contribution in [2.45, 2.75) is 32.0 Å². The Morgan fingerprint density at radius 1 is 1.40 bits per heavy atom. The van der Waals surface area contributed by atoms with E-state index in [9.17, 15) is 5.11 Å². The molecular formula is C7H16N2O. The summed E-state index contributed by atoms with van der Waals surface area (Å²) in [4.78, 5) is 0. The van der Waals surface area contributed by atoms with Crippen molar-refractivity contribution in [2.75, 3.05) is 13.1 Å². The molecular weight excluding hydrogens is 128 g/mol. The Bertz CT molecular complexity index is 94.3. The van der Waals surface area contributed by atoms with Gasteiger partial charge < -0.3 is 5.11 Å². The third kappa shape index (κ3) is 1.94. The number of nitrogens with one attached hydrogen (secondary N) is 2. The summed E-state index contributed by atoms with van der Waals surface area (Å²) in [6, 6.07) is 0. The van der Waals surface area contributed by atoms with Gasteiger partial charge in [0.1, 0.15) is 0 Å². The molecule has 1 aliphatic heterocycles. The number of rotatable bonds is 2. The maximum absolute atomic E-state index is 9.65. The second-order valence-corrected chi connectivity index (χ2v) is 2.82. The lowest BCUT2D eigenvalue weighted by atomic mass is 10.2. The van der Waals surface area contributed by atoms with Gasteiger partial charge in [-0.05, 0) is 6.42 Å². The molecule has 0 aromatic heterocycles. The number of aliphatic hydroxyl groups is 1. The molecule has 1 heterocycles. The summed E-state index contributed by atoms with van der Waals surface area (Å²) >= 11 is 0. The first kappa shape index (κ1) is 7.98. The quantitative estimate of drug-likeness (QED) is 0.512. The lowest BCUT2D eigenvalue weighted by Crippen LogP contribution is -2.60. The molecule has 10 heavy (non-hydrogen) atoms. The first-order valence-electron chi connectivity index (χ1n) is 3.99. The van der Waals surface area contributed by atoms with Crippen LogP contribution in [0.5, 0.6) is 0 Å². The molecule has 1 saturated heterocycles. The van der Waals surface area contributed by atoms with E-state index in [4.69, 9.17) is 0 Å². The van der Waals surface area contributed by atoms with Gasteiger partial charge in [0.2, 0.25) is 0 Å². The SMILES string of the molecule is CCCC1(O)NCCCN1. The van der Waals surface area contributed by atoms with Gasteiger partial charge in [-0.15, -0.1) is 0 Å².